The molecule has 3 aliphatic rings. The Morgan fingerprint density at radius 2 is 1.27 bits per heavy atom. The zero-order chi connectivity index (χ0) is 22.0. The van der Waals surface area contributed by atoms with Gasteiger partial charge in [0.15, 0.2) is 0 Å². The molecule has 0 amide bonds. The quantitative estimate of drug-likeness (QED) is 0.244. The molecule has 1 fully saturated rings. The number of para-hydroxylation sites is 1. The lowest BCUT2D eigenvalue weighted by molar-refractivity contribution is 0.400. The first kappa shape index (κ1) is 19.4. The van der Waals surface area contributed by atoms with E-state index in [0.717, 1.165) is 16.5 Å². The van der Waals surface area contributed by atoms with Gasteiger partial charge in [-0.05, 0) is 64.8 Å². The molecule has 4 aromatic rings. The fraction of sp³-hybridized carbons (Fsp3) is 0.226. The van der Waals surface area contributed by atoms with Gasteiger partial charge in [0.05, 0.1) is 5.41 Å². The van der Waals surface area contributed by atoms with E-state index in [4.69, 9.17) is 16.3 Å². The molecule has 1 heterocycles. The Hall–Kier alpha value is -3.03. The van der Waals surface area contributed by atoms with Gasteiger partial charge in [-0.25, -0.2) is 0 Å². The van der Waals surface area contributed by atoms with Gasteiger partial charge >= 0.3 is 0 Å². The van der Waals surface area contributed by atoms with Crippen molar-refractivity contribution in [1.82, 2.24) is 0 Å². The van der Waals surface area contributed by atoms with Crippen LogP contribution in [0.15, 0.2) is 84.9 Å². The van der Waals surface area contributed by atoms with Crippen LogP contribution in [0.5, 0.6) is 11.5 Å². The van der Waals surface area contributed by atoms with E-state index in [2.05, 4.69) is 84.9 Å². The van der Waals surface area contributed by atoms with Crippen LogP contribution in [0.3, 0.4) is 0 Å². The van der Waals surface area contributed by atoms with E-state index in [1.165, 1.54) is 71.0 Å². The summed E-state index contributed by atoms with van der Waals surface area (Å²) < 4.78 is 6.77. The van der Waals surface area contributed by atoms with Crippen molar-refractivity contribution >= 4 is 11.6 Å². The van der Waals surface area contributed by atoms with Crippen molar-refractivity contribution in [3.63, 3.8) is 0 Å². The first-order valence-corrected chi connectivity index (χ1v) is 12.5. The van der Waals surface area contributed by atoms with E-state index >= 15 is 0 Å². The molecule has 162 valence electrons. The molecule has 1 saturated carbocycles. The Morgan fingerprint density at radius 3 is 1.97 bits per heavy atom. The highest BCUT2D eigenvalue weighted by Crippen LogP contribution is 2.63. The van der Waals surface area contributed by atoms with Crippen LogP contribution in [-0.4, -0.2) is 0 Å². The summed E-state index contributed by atoms with van der Waals surface area (Å²) in [6.07, 6.45) is 6.29. The number of fused-ring (bicyclic) bond motifs is 9. The van der Waals surface area contributed by atoms with E-state index in [9.17, 15) is 0 Å². The minimum atomic E-state index is -0.425. The van der Waals surface area contributed by atoms with Crippen molar-refractivity contribution in [2.75, 3.05) is 0 Å². The van der Waals surface area contributed by atoms with Crippen LogP contribution in [0.25, 0.3) is 11.1 Å². The number of benzene rings is 4. The Labute approximate surface area is 200 Å². The van der Waals surface area contributed by atoms with E-state index < -0.39 is 5.41 Å². The van der Waals surface area contributed by atoms with Gasteiger partial charge in [-0.2, -0.15) is 0 Å². The first-order chi connectivity index (χ1) is 16.3. The number of halogens is 1. The minimum Gasteiger partial charge on any atom is -0.456 e. The van der Waals surface area contributed by atoms with Gasteiger partial charge in [0.1, 0.15) is 11.5 Å². The molecule has 0 N–H and O–H groups in total. The lowest BCUT2D eigenvalue weighted by Gasteiger charge is -2.41. The molecule has 0 radical (unpaired) electrons. The summed E-state index contributed by atoms with van der Waals surface area (Å²) in [6, 6.07) is 30.6. The van der Waals surface area contributed by atoms with Crippen LogP contribution in [0.1, 0.15) is 65.8 Å². The van der Waals surface area contributed by atoms with Gasteiger partial charge in [0.25, 0.3) is 0 Å². The lowest BCUT2D eigenvalue weighted by Crippen LogP contribution is -2.32. The third kappa shape index (κ3) is 2.60. The standard InChI is InChI=1S/C31H25ClO/c32-21-18-24(20-10-2-1-3-11-20)30-28(19-21)31(27-16-8-9-17-29(27)33-30)25-14-6-4-12-22(25)23-13-5-7-15-26(23)31/h4-9,12-20H,1-3,10-11H2. The normalized spacial score (nSPS) is 17.6. The zero-order valence-corrected chi connectivity index (χ0v) is 19.2. The molecule has 0 unspecified atom stereocenters. The molecule has 0 atom stereocenters. The predicted molar refractivity (Wildman–Crippen MR) is 135 cm³/mol. The third-order valence-corrected chi connectivity index (χ3v) is 8.21. The SMILES string of the molecule is Clc1cc(C2CCCCC2)c2c(c1)C1(c3ccccc3O2)c2ccccc2-c2ccccc21. The molecule has 4 aromatic carbocycles. The van der Waals surface area contributed by atoms with Crippen LogP contribution in [0.4, 0.5) is 0 Å². The van der Waals surface area contributed by atoms with Gasteiger partial charge in [-0.15, -0.1) is 0 Å². The molecule has 0 aromatic heterocycles. The molecule has 2 aliphatic carbocycles. The first-order valence-electron chi connectivity index (χ1n) is 12.1. The van der Waals surface area contributed by atoms with Gasteiger partial charge in [0, 0.05) is 16.1 Å². The summed E-state index contributed by atoms with van der Waals surface area (Å²) in [5.74, 6) is 2.48. The monoisotopic (exact) mass is 448 g/mol. The maximum Gasteiger partial charge on any atom is 0.135 e. The smallest absolute Gasteiger partial charge is 0.135 e. The fourth-order valence-corrected chi connectivity index (χ4v) is 6.89. The average Bonchev–Trinajstić information content (AvgIpc) is 3.16. The molecule has 33 heavy (non-hydrogen) atoms. The van der Waals surface area contributed by atoms with Crippen molar-refractivity contribution in [1.29, 1.82) is 0 Å². The number of rotatable bonds is 1. The van der Waals surface area contributed by atoms with Crippen LogP contribution >= 0.6 is 11.6 Å². The van der Waals surface area contributed by atoms with E-state index in [0.29, 0.717) is 5.92 Å². The topological polar surface area (TPSA) is 9.23 Å². The Morgan fingerprint density at radius 1 is 0.667 bits per heavy atom. The molecule has 7 rings (SSSR count). The number of hydrogen-bond acceptors (Lipinski definition) is 1. The maximum atomic E-state index is 6.89. The molecular weight excluding hydrogens is 424 g/mol. The third-order valence-electron chi connectivity index (χ3n) is 7.99. The largest absolute Gasteiger partial charge is 0.456 e. The van der Waals surface area contributed by atoms with Crippen molar-refractivity contribution in [2.24, 2.45) is 0 Å². The predicted octanol–water partition coefficient (Wildman–Crippen LogP) is 8.86. The molecule has 0 saturated heterocycles. The van der Waals surface area contributed by atoms with Crippen LogP contribution in [0, 0.1) is 0 Å². The van der Waals surface area contributed by atoms with Crippen molar-refractivity contribution in [3.05, 3.63) is 118 Å². The van der Waals surface area contributed by atoms with Gasteiger partial charge in [-0.1, -0.05) is 97.6 Å². The Kier molecular flexibility index (Phi) is 4.26. The van der Waals surface area contributed by atoms with E-state index in [1.54, 1.807) is 0 Å². The fourth-order valence-electron chi connectivity index (χ4n) is 6.66. The summed E-state index contributed by atoms with van der Waals surface area (Å²) >= 11 is 6.89. The van der Waals surface area contributed by atoms with Crippen LogP contribution in [-0.2, 0) is 5.41 Å². The molecule has 0 bridgehead atoms. The highest BCUT2D eigenvalue weighted by molar-refractivity contribution is 6.30. The Bertz CT molecular complexity index is 1350. The molecule has 2 heteroatoms. The van der Waals surface area contributed by atoms with Crippen molar-refractivity contribution in [3.8, 4) is 22.6 Å². The second kappa shape index (κ2) is 7.23. The maximum absolute atomic E-state index is 6.89. The molecular formula is C31H25ClO. The van der Waals surface area contributed by atoms with Crippen LogP contribution in [0.2, 0.25) is 5.02 Å². The van der Waals surface area contributed by atoms with Crippen molar-refractivity contribution < 1.29 is 4.74 Å². The summed E-state index contributed by atoms with van der Waals surface area (Å²) in [5.41, 5.74) is 8.49. The zero-order valence-electron chi connectivity index (χ0n) is 18.5. The molecule has 1 nitrogen and oxygen atoms in total. The number of ether oxygens (including phenoxy) is 1. The Balaban J connectivity index is 1.62. The average molecular weight is 449 g/mol. The van der Waals surface area contributed by atoms with Crippen molar-refractivity contribution in [2.45, 2.75) is 43.4 Å². The minimum absolute atomic E-state index is 0.425. The lowest BCUT2D eigenvalue weighted by atomic mass is 9.65. The van der Waals surface area contributed by atoms with E-state index in [1.807, 2.05) is 0 Å². The number of hydrogen-bond donors (Lipinski definition) is 0. The van der Waals surface area contributed by atoms with Crippen LogP contribution < -0.4 is 4.74 Å². The highest BCUT2D eigenvalue weighted by Gasteiger charge is 2.51. The second-order valence-corrected chi connectivity index (χ2v) is 10.1. The second-order valence-electron chi connectivity index (χ2n) is 9.65. The summed E-state index contributed by atoms with van der Waals surface area (Å²) in [6.45, 7) is 0. The molecule has 1 spiro atoms. The summed E-state index contributed by atoms with van der Waals surface area (Å²) in [7, 11) is 0. The molecule has 1 aliphatic heterocycles. The summed E-state index contributed by atoms with van der Waals surface area (Å²) in [5, 5.41) is 0.804. The highest BCUT2D eigenvalue weighted by atomic mass is 35.5. The van der Waals surface area contributed by atoms with Gasteiger partial charge in [0.2, 0.25) is 0 Å². The van der Waals surface area contributed by atoms with Gasteiger partial charge in [-0.3, -0.25) is 0 Å². The summed E-state index contributed by atoms with van der Waals surface area (Å²) in [4.78, 5) is 0. The van der Waals surface area contributed by atoms with E-state index in [-0.39, 0.29) is 0 Å². The van der Waals surface area contributed by atoms with Gasteiger partial charge < -0.3 is 4.74 Å².